The Kier molecular flexibility index (Phi) is 1.27. The second-order valence-electron chi connectivity index (χ2n) is 3.36. The summed E-state index contributed by atoms with van der Waals surface area (Å²) < 4.78 is 0. The van der Waals surface area contributed by atoms with Crippen LogP contribution in [0.25, 0.3) is 0 Å². The average molecular weight is 133 g/mol. The first-order chi connectivity index (χ1) is 4.90. The summed E-state index contributed by atoms with van der Waals surface area (Å²) in [6.07, 6.45) is 8.23. The van der Waals surface area contributed by atoms with Crippen molar-refractivity contribution in [2.24, 2.45) is 17.8 Å². The number of rotatable bonds is 0. The molecule has 1 heteroatoms. The largest absolute Gasteiger partial charge is 0.198 e. The minimum atomic E-state index is 0.337. The number of allylic oxidation sites excluding steroid dienone is 2. The molecule has 10 heavy (non-hydrogen) atoms. The van der Waals surface area contributed by atoms with E-state index in [-0.39, 0.29) is 0 Å². The zero-order valence-corrected chi connectivity index (χ0v) is 5.96. The zero-order chi connectivity index (χ0) is 6.97. The molecule has 1 nitrogen and oxygen atoms in total. The molecule has 52 valence electrons. The Morgan fingerprint density at radius 1 is 1.30 bits per heavy atom. The van der Waals surface area contributed by atoms with Gasteiger partial charge in [0.1, 0.15) is 0 Å². The summed E-state index contributed by atoms with van der Waals surface area (Å²) in [6.45, 7) is 0. The molecule has 0 aromatic heterocycles. The van der Waals surface area contributed by atoms with Gasteiger partial charge < -0.3 is 0 Å². The highest BCUT2D eigenvalue weighted by Gasteiger charge is 2.31. The van der Waals surface area contributed by atoms with Crippen molar-refractivity contribution in [1.29, 1.82) is 5.26 Å². The topological polar surface area (TPSA) is 23.8 Å². The molecule has 3 rings (SSSR count). The lowest BCUT2D eigenvalue weighted by atomic mass is 9.70. The van der Waals surface area contributed by atoms with E-state index in [0.29, 0.717) is 11.8 Å². The molecule has 0 radical (unpaired) electrons. The van der Waals surface area contributed by atoms with Gasteiger partial charge in [-0.05, 0) is 31.1 Å². The monoisotopic (exact) mass is 133 g/mol. The normalized spacial score (nSPS) is 43.3. The summed E-state index contributed by atoms with van der Waals surface area (Å²) >= 11 is 0. The Labute approximate surface area is 61.4 Å². The first-order valence-electron chi connectivity index (χ1n) is 3.98. The van der Waals surface area contributed by atoms with Crippen LogP contribution in [0.3, 0.4) is 0 Å². The van der Waals surface area contributed by atoms with Crippen molar-refractivity contribution < 1.29 is 0 Å². The van der Waals surface area contributed by atoms with Crippen LogP contribution in [0.15, 0.2) is 12.2 Å². The van der Waals surface area contributed by atoms with Gasteiger partial charge in [-0.2, -0.15) is 5.26 Å². The molecule has 0 aromatic carbocycles. The molecule has 1 fully saturated rings. The summed E-state index contributed by atoms with van der Waals surface area (Å²) in [5.74, 6) is 1.66. The molecule has 2 bridgehead atoms. The molecular weight excluding hydrogens is 122 g/mol. The van der Waals surface area contributed by atoms with Gasteiger partial charge in [0.05, 0.1) is 12.0 Å². The lowest BCUT2D eigenvalue weighted by Crippen LogP contribution is -2.25. The minimum Gasteiger partial charge on any atom is -0.198 e. The molecule has 0 unspecified atom stereocenters. The van der Waals surface area contributed by atoms with Crippen molar-refractivity contribution in [3.05, 3.63) is 12.2 Å². The quantitative estimate of drug-likeness (QED) is 0.464. The number of hydrogen-bond acceptors (Lipinski definition) is 1. The first-order valence-corrected chi connectivity index (χ1v) is 3.98. The van der Waals surface area contributed by atoms with Gasteiger partial charge in [-0.1, -0.05) is 12.2 Å². The van der Waals surface area contributed by atoms with Crippen molar-refractivity contribution in [3.63, 3.8) is 0 Å². The molecule has 3 aliphatic carbocycles. The Hall–Kier alpha value is -0.770. The van der Waals surface area contributed by atoms with Crippen molar-refractivity contribution in [3.8, 4) is 6.07 Å². The van der Waals surface area contributed by atoms with Crippen LogP contribution in [0.1, 0.15) is 19.3 Å². The van der Waals surface area contributed by atoms with Gasteiger partial charge in [0.25, 0.3) is 0 Å². The van der Waals surface area contributed by atoms with Gasteiger partial charge in [-0.3, -0.25) is 0 Å². The summed E-state index contributed by atoms with van der Waals surface area (Å²) in [4.78, 5) is 0. The third-order valence-corrected chi connectivity index (χ3v) is 2.74. The molecular formula is C9H11N. The van der Waals surface area contributed by atoms with Crippen molar-refractivity contribution >= 4 is 0 Å². The van der Waals surface area contributed by atoms with Crippen LogP contribution < -0.4 is 0 Å². The van der Waals surface area contributed by atoms with E-state index >= 15 is 0 Å². The van der Waals surface area contributed by atoms with E-state index in [0.717, 1.165) is 12.3 Å². The van der Waals surface area contributed by atoms with Gasteiger partial charge in [-0.25, -0.2) is 0 Å². The van der Waals surface area contributed by atoms with E-state index in [2.05, 4.69) is 18.2 Å². The van der Waals surface area contributed by atoms with E-state index in [4.69, 9.17) is 5.26 Å². The van der Waals surface area contributed by atoms with Gasteiger partial charge in [0, 0.05) is 0 Å². The van der Waals surface area contributed by atoms with E-state index in [1.54, 1.807) is 0 Å². The Bertz CT molecular complexity index is 199. The SMILES string of the molecule is N#C[C@@H]1C[C@@H]2C=C[C@H]1CC2. The maximum atomic E-state index is 8.73. The Morgan fingerprint density at radius 3 is 2.50 bits per heavy atom. The van der Waals surface area contributed by atoms with Crippen LogP contribution in [-0.4, -0.2) is 0 Å². The molecule has 0 spiro atoms. The summed E-state index contributed by atoms with van der Waals surface area (Å²) in [5.41, 5.74) is 0. The molecule has 0 amide bonds. The first kappa shape index (κ1) is 5.97. The van der Waals surface area contributed by atoms with Crippen LogP contribution in [0.4, 0.5) is 0 Å². The van der Waals surface area contributed by atoms with E-state index in [1.165, 1.54) is 12.8 Å². The minimum absolute atomic E-state index is 0.337. The third kappa shape index (κ3) is 0.759. The molecule has 3 atom stereocenters. The number of hydrogen-bond donors (Lipinski definition) is 0. The summed E-state index contributed by atoms with van der Waals surface area (Å²) in [6, 6.07) is 2.38. The summed E-state index contributed by atoms with van der Waals surface area (Å²) in [7, 11) is 0. The fourth-order valence-corrected chi connectivity index (χ4v) is 2.08. The highest BCUT2D eigenvalue weighted by Crippen LogP contribution is 2.39. The van der Waals surface area contributed by atoms with Crippen molar-refractivity contribution in [2.75, 3.05) is 0 Å². The second-order valence-corrected chi connectivity index (χ2v) is 3.36. The lowest BCUT2D eigenvalue weighted by Gasteiger charge is -2.33. The predicted octanol–water partition coefficient (Wildman–Crippen LogP) is 2.11. The maximum absolute atomic E-state index is 8.73. The van der Waals surface area contributed by atoms with E-state index < -0.39 is 0 Å². The molecule has 0 heterocycles. The Balaban J connectivity index is 2.21. The van der Waals surface area contributed by atoms with E-state index in [1.807, 2.05) is 0 Å². The fourth-order valence-electron chi connectivity index (χ4n) is 2.08. The molecule has 0 aliphatic heterocycles. The van der Waals surface area contributed by atoms with Gasteiger partial charge >= 0.3 is 0 Å². The van der Waals surface area contributed by atoms with Crippen LogP contribution in [-0.2, 0) is 0 Å². The Morgan fingerprint density at radius 2 is 2.20 bits per heavy atom. The van der Waals surface area contributed by atoms with Crippen LogP contribution in [0, 0.1) is 29.1 Å². The van der Waals surface area contributed by atoms with Gasteiger partial charge in [0.15, 0.2) is 0 Å². The molecule has 0 saturated heterocycles. The number of nitriles is 1. The fraction of sp³-hybridized carbons (Fsp3) is 0.667. The van der Waals surface area contributed by atoms with Crippen molar-refractivity contribution in [1.82, 2.24) is 0 Å². The molecule has 0 aromatic rings. The third-order valence-electron chi connectivity index (χ3n) is 2.74. The number of fused-ring (bicyclic) bond motifs is 2. The van der Waals surface area contributed by atoms with Gasteiger partial charge in [-0.15, -0.1) is 0 Å². The van der Waals surface area contributed by atoms with Crippen LogP contribution >= 0.6 is 0 Å². The zero-order valence-electron chi connectivity index (χ0n) is 5.96. The van der Waals surface area contributed by atoms with Crippen LogP contribution in [0.5, 0.6) is 0 Å². The predicted molar refractivity (Wildman–Crippen MR) is 39.1 cm³/mol. The highest BCUT2D eigenvalue weighted by atomic mass is 14.4. The number of nitrogens with zero attached hydrogens (tertiary/aromatic N) is 1. The smallest absolute Gasteiger partial charge is 0.0662 e. The highest BCUT2D eigenvalue weighted by molar-refractivity contribution is 5.10. The van der Waals surface area contributed by atoms with E-state index in [9.17, 15) is 0 Å². The molecule has 1 saturated carbocycles. The maximum Gasteiger partial charge on any atom is 0.0662 e. The molecule has 3 aliphatic rings. The van der Waals surface area contributed by atoms with Crippen LogP contribution in [0.2, 0.25) is 0 Å². The summed E-state index contributed by atoms with van der Waals surface area (Å²) in [5, 5.41) is 8.73. The second kappa shape index (κ2) is 2.12. The molecule has 0 N–H and O–H groups in total. The standard InChI is InChI=1S/C9H11N/c10-6-9-5-7-1-3-8(9)4-2-7/h1,3,7-9H,2,4-5H2/t7-,8+,9+/m1/s1. The lowest BCUT2D eigenvalue weighted by molar-refractivity contribution is 0.269. The van der Waals surface area contributed by atoms with Crippen molar-refractivity contribution in [2.45, 2.75) is 19.3 Å². The average Bonchev–Trinajstić information content (AvgIpc) is 2.06. The van der Waals surface area contributed by atoms with Gasteiger partial charge in [0.2, 0.25) is 0 Å².